The maximum absolute atomic E-state index is 12.8. The molecule has 1 heterocycles. The van der Waals surface area contributed by atoms with E-state index in [0.29, 0.717) is 35.6 Å². The Morgan fingerprint density at radius 1 is 1.03 bits per heavy atom. The number of carbonyl (C=O) groups is 1. The molecule has 0 aliphatic heterocycles. The fraction of sp³-hybridized carbons (Fsp3) is 0.125. The van der Waals surface area contributed by atoms with Crippen LogP contribution < -0.4 is 15.8 Å². The molecular formula is C24H19N5O3S. The van der Waals surface area contributed by atoms with Crippen molar-refractivity contribution in [2.24, 2.45) is 0 Å². The van der Waals surface area contributed by atoms with Crippen molar-refractivity contribution in [1.29, 1.82) is 0 Å². The molecule has 3 aromatic rings. The molecule has 0 spiro atoms. The number of nitrogens with zero attached hydrogens (tertiary/aromatic N) is 2. The number of benzene rings is 2. The molecule has 33 heavy (non-hydrogen) atoms. The molecule has 0 unspecified atom stereocenters. The molecule has 9 heteroatoms. The summed E-state index contributed by atoms with van der Waals surface area (Å²) >= 11 is 0. The van der Waals surface area contributed by atoms with Gasteiger partial charge in [-0.05, 0) is 60.5 Å². The van der Waals surface area contributed by atoms with Gasteiger partial charge in [0.25, 0.3) is 10.0 Å². The molecule has 0 bridgehead atoms. The highest BCUT2D eigenvalue weighted by Gasteiger charge is 2.58. The summed E-state index contributed by atoms with van der Waals surface area (Å²) < 4.78 is 28.1. The van der Waals surface area contributed by atoms with Gasteiger partial charge in [0.15, 0.2) is 0 Å². The molecule has 1 aliphatic rings. The minimum Gasteiger partial charge on any atom is -0.384 e. The van der Waals surface area contributed by atoms with Crippen LogP contribution in [0.2, 0.25) is 0 Å². The Morgan fingerprint density at radius 3 is 2.39 bits per heavy atom. The van der Waals surface area contributed by atoms with Crippen LogP contribution in [-0.2, 0) is 14.8 Å². The molecule has 4 rings (SSSR count). The van der Waals surface area contributed by atoms with Crippen molar-refractivity contribution < 1.29 is 13.2 Å². The summed E-state index contributed by atoms with van der Waals surface area (Å²) in [5.41, 5.74) is 6.49. The third-order valence-corrected chi connectivity index (χ3v) is 6.40. The van der Waals surface area contributed by atoms with Crippen molar-refractivity contribution in [3.05, 3.63) is 89.4 Å². The number of hydrogen-bond acceptors (Lipinski definition) is 5. The molecule has 1 aromatic heterocycles. The first-order valence-electron chi connectivity index (χ1n) is 9.97. The van der Waals surface area contributed by atoms with Crippen LogP contribution >= 0.6 is 0 Å². The first kappa shape index (κ1) is 21.9. The van der Waals surface area contributed by atoms with Gasteiger partial charge in [-0.25, -0.2) is 20.0 Å². The topological polar surface area (TPSA) is 119 Å². The van der Waals surface area contributed by atoms with Crippen LogP contribution in [0.5, 0.6) is 0 Å². The highest BCUT2D eigenvalue weighted by Crippen LogP contribution is 2.40. The van der Waals surface area contributed by atoms with Gasteiger partial charge in [0.1, 0.15) is 11.5 Å². The maximum atomic E-state index is 12.8. The third-order valence-electron chi connectivity index (χ3n) is 5.00. The molecule has 164 valence electrons. The van der Waals surface area contributed by atoms with Gasteiger partial charge in [0, 0.05) is 24.1 Å². The van der Waals surface area contributed by atoms with Gasteiger partial charge in [-0.1, -0.05) is 18.1 Å². The van der Waals surface area contributed by atoms with Gasteiger partial charge in [0.2, 0.25) is 0 Å². The SMILES string of the molecule is [C-]#[N+]C1(C(=O)Nc2cccc(NS(=O)(=O)c3ccc(C#Cc4cccc(N)n4)cc3)c2)CC1. The Labute approximate surface area is 191 Å². The Morgan fingerprint density at radius 2 is 1.73 bits per heavy atom. The summed E-state index contributed by atoms with van der Waals surface area (Å²) in [4.78, 5) is 19.8. The van der Waals surface area contributed by atoms with Crippen LogP contribution in [0.15, 0.2) is 71.6 Å². The zero-order valence-corrected chi connectivity index (χ0v) is 18.2. The van der Waals surface area contributed by atoms with Gasteiger partial charge >= 0.3 is 11.4 Å². The number of pyridine rings is 1. The molecule has 2 aromatic carbocycles. The summed E-state index contributed by atoms with van der Waals surface area (Å²) in [7, 11) is -3.86. The number of anilines is 3. The first-order valence-corrected chi connectivity index (χ1v) is 11.5. The van der Waals surface area contributed by atoms with Gasteiger partial charge in [-0.3, -0.25) is 14.4 Å². The number of hydrogen-bond donors (Lipinski definition) is 3. The number of carbonyl (C=O) groups excluding carboxylic acids is 1. The van der Waals surface area contributed by atoms with E-state index in [-0.39, 0.29) is 16.5 Å². The van der Waals surface area contributed by atoms with Crippen LogP contribution in [-0.4, -0.2) is 24.8 Å². The quantitative estimate of drug-likeness (QED) is 0.401. The summed E-state index contributed by atoms with van der Waals surface area (Å²) in [5, 5.41) is 2.68. The van der Waals surface area contributed by atoms with Gasteiger partial charge in [0.05, 0.1) is 10.6 Å². The molecule has 1 aliphatic carbocycles. The average Bonchev–Trinajstić information content (AvgIpc) is 3.60. The zero-order chi connectivity index (χ0) is 23.5. The van der Waals surface area contributed by atoms with Crippen LogP contribution in [0.3, 0.4) is 0 Å². The molecule has 1 saturated carbocycles. The number of nitrogen functional groups attached to an aromatic ring is 1. The van der Waals surface area contributed by atoms with Crippen LogP contribution in [0.1, 0.15) is 24.1 Å². The van der Waals surface area contributed by atoms with E-state index >= 15 is 0 Å². The lowest BCUT2D eigenvalue weighted by molar-refractivity contribution is -0.117. The van der Waals surface area contributed by atoms with Crippen molar-refractivity contribution >= 4 is 33.1 Å². The number of sulfonamides is 1. The van der Waals surface area contributed by atoms with E-state index in [0.717, 1.165) is 0 Å². The maximum Gasteiger partial charge on any atom is 0.310 e. The van der Waals surface area contributed by atoms with Crippen molar-refractivity contribution in [2.75, 3.05) is 15.8 Å². The molecular weight excluding hydrogens is 438 g/mol. The van der Waals surface area contributed by atoms with Crippen LogP contribution in [0.4, 0.5) is 17.2 Å². The minimum atomic E-state index is -3.86. The Hall–Kier alpha value is -4.34. The Balaban J connectivity index is 1.46. The van der Waals surface area contributed by atoms with E-state index in [2.05, 4.69) is 31.7 Å². The van der Waals surface area contributed by atoms with Gasteiger partial charge in [-0.15, -0.1) is 0 Å². The summed E-state index contributed by atoms with van der Waals surface area (Å²) in [6, 6.07) is 17.6. The normalized spacial score (nSPS) is 13.7. The van der Waals surface area contributed by atoms with Crippen molar-refractivity contribution in [3.8, 4) is 11.8 Å². The van der Waals surface area contributed by atoms with E-state index < -0.39 is 15.6 Å². The summed E-state index contributed by atoms with van der Waals surface area (Å²) in [6.07, 6.45) is 1.07. The number of rotatable bonds is 5. The second-order valence-electron chi connectivity index (χ2n) is 7.51. The predicted molar refractivity (Wildman–Crippen MR) is 126 cm³/mol. The first-order chi connectivity index (χ1) is 15.8. The Bertz CT molecular complexity index is 1430. The lowest BCUT2D eigenvalue weighted by Gasteiger charge is -2.11. The van der Waals surface area contributed by atoms with E-state index in [1.807, 2.05) is 0 Å². The predicted octanol–water partition coefficient (Wildman–Crippen LogP) is 3.25. The van der Waals surface area contributed by atoms with Crippen molar-refractivity contribution in [3.63, 3.8) is 0 Å². The zero-order valence-electron chi connectivity index (χ0n) is 17.4. The molecule has 1 fully saturated rings. The van der Waals surface area contributed by atoms with E-state index in [1.54, 1.807) is 48.5 Å². The average molecular weight is 458 g/mol. The Kier molecular flexibility index (Phi) is 5.74. The fourth-order valence-electron chi connectivity index (χ4n) is 3.00. The van der Waals surface area contributed by atoms with Crippen molar-refractivity contribution in [2.45, 2.75) is 23.3 Å². The molecule has 0 radical (unpaired) electrons. The number of aromatic nitrogens is 1. The molecule has 4 N–H and O–H groups in total. The van der Waals surface area contributed by atoms with Crippen molar-refractivity contribution in [1.82, 2.24) is 4.98 Å². The lowest BCUT2D eigenvalue weighted by Crippen LogP contribution is -2.26. The highest BCUT2D eigenvalue weighted by atomic mass is 32.2. The molecule has 1 amide bonds. The molecule has 0 atom stereocenters. The van der Waals surface area contributed by atoms with E-state index in [4.69, 9.17) is 12.3 Å². The summed E-state index contributed by atoms with van der Waals surface area (Å²) in [6.45, 7) is 7.17. The summed E-state index contributed by atoms with van der Waals surface area (Å²) in [5.74, 6) is 5.80. The van der Waals surface area contributed by atoms with Gasteiger partial charge in [-0.2, -0.15) is 0 Å². The van der Waals surface area contributed by atoms with Crippen LogP contribution in [0.25, 0.3) is 4.85 Å². The lowest BCUT2D eigenvalue weighted by atomic mass is 10.2. The number of nitrogens with two attached hydrogens (primary N) is 1. The monoisotopic (exact) mass is 457 g/mol. The third kappa shape index (κ3) is 5.12. The number of nitrogens with one attached hydrogen (secondary N) is 2. The molecule has 8 nitrogen and oxygen atoms in total. The highest BCUT2D eigenvalue weighted by molar-refractivity contribution is 7.92. The second-order valence-corrected chi connectivity index (χ2v) is 9.19. The largest absolute Gasteiger partial charge is 0.384 e. The van der Waals surface area contributed by atoms with E-state index in [1.165, 1.54) is 18.2 Å². The van der Waals surface area contributed by atoms with E-state index in [9.17, 15) is 13.2 Å². The molecule has 0 saturated heterocycles. The van der Waals surface area contributed by atoms with Gasteiger partial charge < -0.3 is 11.1 Å². The standard InChI is InChI=1S/C24H19N5O3S/c1-26-24(14-15-24)23(30)28-19-5-2-6-20(16-19)29-33(31,32)21-12-9-17(10-13-21)8-11-18-4-3-7-22(25)27-18/h2-7,9-10,12-13,16,29H,14-15H2,(H2,25,27)(H,28,30). The second kappa shape index (κ2) is 8.65. The smallest absolute Gasteiger partial charge is 0.310 e. The minimum absolute atomic E-state index is 0.0644. The van der Waals surface area contributed by atoms with Crippen LogP contribution in [0, 0.1) is 18.4 Å². The fourth-order valence-corrected chi connectivity index (χ4v) is 4.05. The number of amides is 1.